The molecule has 3 aromatic carbocycles. The fourth-order valence-electron chi connectivity index (χ4n) is 3.39. The Morgan fingerprint density at radius 2 is 1.57 bits per heavy atom. The lowest BCUT2D eigenvalue weighted by Crippen LogP contribution is -2.51. The van der Waals surface area contributed by atoms with Crippen molar-refractivity contribution in [2.75, 3.05) is 7.11 Å². The van der Waals surface area contributed by atoms with E-state index in [9.17, 15) is 14.4 Å². The molecule has 4 rings (SSSR count). The number of esters is 1. The quantitative estimate of drug-likeness (QED) is 0.224. The summed E-state index contributed by atoms with van der Waals surface area (Å²) in [5, 5.41) is 5.43. The van der Waals surface area contributed by atoms with Crippen molar-refractivity contribution >= 4 is 52.8 Å². The average molecular weight is 507 g/mol. The smallest absolute Gasteiger partial charge is 0.337 e. The van der Waals surface area contributed by atoms with E-state index in [0.29, 0.717) is 21.9 Å². The highest BCUT2D eigenvalue weighted by Crippen LogP contribution is 2.30. The highest BCUT2D eigenvalue weighted by molar-refractivity contribution is 7.80. The van der Waals surface area contributed by atoms with Crippen molar-refractivity contribution in [3.05, 3.63) is 94.0 Å². The number of methoxy groups -OCH3 is 1. The molecule has 1 aliphatic rings. The molecule has 0 atom stereocenters. The van der Waals surface area contributed by atoms with E-state index < -0.39 is 17.8 Å². The van der Waals surface area contributed by atoms with Crippen LogP contribution in [-0.4, -0.2) is 30.0 Å². The number of ether oxygens (including phenoxy) is 2. The summed E-state index contributed by atoms with van der Waals surface area (Å²) >= 11 is 10.8. The van der Waals surface area contributed by atoms with Crippen LogP contribution in [0.15, 0.2) is 72.3 Å². The maximum Gasteiger partial charge on any atom is 0.337 e. The van der Waals surface area contributed by atoms with Crippen LogP contribution in [0, 0.1) is 0 Å². The van der Waals surface area contributed by atoms with Crippen LogP contribution in [0.25, 0.3) is 17.2 Å². The standard InChI is InChI=1S/C26H19ClN2O5S/c1-33-25(32)17-6-4-16(5-7-17)18-8-11-22(34-14-15-2-9-20(27)10-3-15)19(12-18)13-21-23(30)28-26(35)29-24(21)31/h2-13H,14H2,1H3,(H2,28,29,30,31,35). The minimum absolute atomic E-state index is 0.0455. The van der Waals surface area contributed by atoms with Crippen LogP contribution in [0.5, 0.6) is 5.75 Å². The molecule has 1 aliphatic heterocycles. The highest BCUT2D eigenvalue weighted by Gasteiger charge is 2.26. The van der Waals surface area contributed by atoms with Crippen LogP contribution in [0.4, 0.5) is 0 Å². The van der Waals surface area contributed by atoms with Gasteiger partial charge in [-0.2, -0.15) is 0 Å². The third-order valence-electron chi connectivity index (χ3n) is 5.20. The molecule has 0 saturated carbocycles. The number of carbonyl (C=O) groups excluding carboxylic acids is 3. The molecule has 176 valence electrons. The van der Waals surface area contributed by atoms with E-state index in [1.807, 2.05) is 18.2 Å². The van der Waals surface area contributed by atoms with Crippen molar-refractivity contribution in [1.29, 1.82) is 0 Å². The molecule has 35 heavy (non-hydrogen) atoms. The molecular weight excluding hydrogens is 488 g/mol. The molecule has 0 radical (unpaired) electrons. The van der Waals surface area contributed by atoms with E-state index in [-0.39, 0.29) is 17.3 Å². The van der Waals surface area contributed by atoms with Crippen LogP contribution in [0.1, 0.15) is 21.5 Å². The van der Waals surface area contributed by atoms with Gasteiger partial charge in [-0.05, 0) is 71.4 Å². The summed E-state index contributed by atoms with van der Waals surface area (Å²) in [4.78, 5) is 36.5. The first-order valence-electron chi connectivity index (χ1n) is 10.4. The molecule has 7 nitrogen and oxygen atoms in total. The van der Waals surface area contributed by atoms with Crippen molar-refractivity contribution in [2.24, 2.45) is 0 Å². The Morgan fingerprint density at radius 3 is 2.20 bits per heavy atom. The molecule has 2 amide bonds. The van der Waals surface area contributed by atoms with E-state index in [1.165, 1.54) is 13.2 Å². The normalized spacial score (nSPS) is 13.1. The van der Waals surface area contributed by atoms with Crippen molar-refractivity contribution in [2.45, 2.75) is 6.61 Å². The fraction of sp³-hybridized carbons (Fsp3) is 0.0769. The van der Waals surface area contributed by atoms with Crippen molar-refractivity contribution < 1.29 is 23.9 Å². The molecule has 9 heteroatoms. The van der Waals surface area contributed by atoms with E-state index in [0.717, 1.165) is 16.7 Å². The predicted molar refractivity (Wildman–Crippen MR) is 136 cm³/mol. The zero-order valence-electron chi connectivity index (χ0n) is 18.5. The van der Waals surface area contributed by atoms with Gasteiger partial charge in [0.05, 0.1) is 12.7 Å². The molecule has 3 aromatic rings. The van der Waals surface area contributed by atoms with Gasteiger partial charge in [0.25, 0.3) is 11.8 Å². The molecule has 1 heterocycles. The van der Waals surface area contributed by atoms with Crippen molar-refractivity contribution in [1.82, 2.24) is 10.6 Å². The molecule has 0 bridgehead atoms. The molecule has 0 aliphatic carbocycles. The number of rotatable bonds is 6. The summed E-state index contributed by atoms with van der Waals surface area (Å²) in [7, 11) is 1.32. The Labute approximate surface area is 211 Å². The zero-order chi connectivity index (χ0) is 24.9. The van der Waals surface area contributed by atoms with Crippen molar-refractivity contribution in [3.63, 3.8) is 0 Å². The SMILES string of the molecule is COC(=O)c1ccc(-c2ccc(OCc3ccc(Cl)cc3)c(C=C3C(=O)NC(=S)NC3=O)c2)cc1. The van der Waals surface area contributed by atoms with Gasteiger partial charge in [-0.15, -0.1) is 0 Å². The van der Waals surface area contributed by atoms with E-state index >= 15 is 0 Å². The summed E-state index contributed by atoms with van der Waals surface area (Å²) in [5.41, 5.74) is 3.34. The van der Waals surface area contributed by atoms with Crippen LogP contribution < -0.4 is 15.4 Å². The van der Waals surface area contributed by atoms with E-state index in [2.05, 4.69) is 10.6 Å². The fourth-order valence-corrected chi connectivity index (χ4v) is 3.70. The molecule has 2 N–H and O–H groups in total. The van der Waals surface area contributed by atoms with Gasteiger partial charge < -0.3 is 9.47 Å². The van der Waals surface area contributed by atoms with Gasteiger partial charge in [-0.3, -0.25) is 20.2 Å². The van der Waals surface area contributed by atoms with Crippen LogP contribution in [0.2, 0.25) is 5.02 Å². The van der Waals surface area contributed by atoms with E-state index in [4.69, 9.17) is 33.3 Å². The number of nitrogens with one attached hydrogen (secondary N) is 2. The summed E-state index contributed by atoms with van der Waals surface area (Å²) in [6, 6.07) is 19.5. The third kappa shape index (κ3) is 5.74. The zero-order valence-corrected chi connectivity index (χ0v) is 20.0. The third-order valence-corrected chi connectivity index (χ3v) is 5.66. The average Bonchev–Trinajstić information content (AvgIpc) is 2.86. The van der Waals surface area contributed by atoms with Gasteiger partial charge in [0.1, 0.15) is 17.9 Å². The number of hydrogen-bond donors (Lipinski definition) is 2. The summed E-state index contributed by atoms with van der Waals surface area (Å²) < 4.78 is 10.8. The van der Waals surface area contributed by atoms with Gasteiger partial charge in [0.2, 0.25) is 0 Å². The highest BCUT2D eigenvalue weighted by atomic mass is 35.5. The monoisotopic (exact) mass is 506 g/mol. The lowest BCUT2D eigenvalue weighted by atomic mass is 9.99. The molecular formula is C26H19ClN2O5S. The maximum atomic E-state index is 12.4. The number of halogens is 1. The van der Waals surface area contributed by atoms with Crippen LogP contribution >= 0.6 is 23.8 Å². The second-order valence-electron chi connectivity index (χ2n) is 7.53. The van der Waals surface area contributed by atoms with Crippen LogP contribution in [-0.2, 0) is 20.9 Å². The number of hydrogen-bond acceptors (Lipinski definition) is 6. The molecule has 1 saturated heterocycles. The van der Waals surface area contributed by atoms with Crippen LogP contribution in [0.3, 0.4) is 0 Å². The van der Waals surface area contributed by atoms with Gasteiger partial charge >= 0.3 is 5.97 Å². The predicted octanol–water partition coefficient (Wildman–Crippen LogP) is 4.29. The minimum atomic E-state index is -0.602. The number of amides is 2. The summed E-state index contributed by atoms with van der Waals surface area (Å²) in [6.07, 6.45) is 1.45. The first-order valence-corrected chi connectivity index (χ1v) is 11.2. The Kier molecular flexibility index (Phi) is 7.24. The van der Waals surface area contributed by atoms with Gasteiger partial charge in [-0.1, -0.05) is 41.9 Å². The van der Waals surface area contributed by atoms with Gasteiger partial charge in [-0.25, -0.2) is 4.79 Å². The first kappa shape index (κ1) is 24.1. The van der Waals surface area contributed by atoms with E-state index in [1.54, 1.807) is 48.5 Å². The number of carbonyl (C=O) groups is 3. The second-order valence-corrected chi connectivity index (χ2v) is 8.38. The topological polar surface area (TPSA) is 93.7 Å². The summed E-state index contributed by atoms with van der Waals surface area (Å²) in [6.45, 7) is 0.253. The molecule has 0 aromatic heterocycles. The van der Waals surface area contributed by atoms with Crippen molar-refractivity contribution in [3.8, 4) is 16.9 Å². The molecule has 0 spiro atoms. The number of thiocarbonyl (C=S) groups is 1. The summed E-state index contributed by atoms with van der Waals surface area (Å²) in [5.74, 6) is -1.17. The molecule has 1 fully saturated rings. The lowest BCUT2D eigenvalue weighted by Gasteiger charge is -2.17. The van der Waals surface area contributed by atoms with Gasteiger partial charge in [0, 0.05) is 10.6 Å². The second kappa shape index (κ2) is 10.5. The first-order chi connectivity index (χ1) is 16.8. The Hall–Kier alpha value is -4.01. The van der Waals surface area contributed by atoms with Gasteiger partial charge in [0.15, 0.2) is 5.11 Å². The molecule has 0 unspecified atom stereocenters. The number of benzene rings is 3. The lowest BCUT2D eigenvalue weighted by molar-refractivity contribution is -0.123. The largest absolute Gasteiger partial charge is 0.488 e. The Morgan fingerprint density at radius 1 is 0.943 bits per heavy atom. The Bertz CT molecular complexity index is 1330. The maximum absolute atomic E-state index is 12.4. The Balaban J connectivity index is 1.70. The minimum Gasteiger partial charge on any atom is -0.488 e.